The van der Waals surface area contributed by atoms with Gasteiger partial charge in [0, 0.05) is 31.7 Å². The molecule has 0 spiro atoms. The molecule has 7 nitrogen and oxygen atoms in total. The number of carbonyl (C=O) groups is 1. The first-order valence-electron chi connectivity index (χ1n) is 8.66. The standard InChI is InChI=1S/C18H22N4O3/c1-2-5-17(23)20-13-6-4-11-21(12-13)16-9-8-15-14(7-3-10-19-15)18(16)22(24)25/h3,7-10,13H,2,4-6,11-12H2,1H3,(H,20,23). The van der Waals surface area contributed by atoms with Crippen LogP contribution < -0.4 is 10.2 Å². The molecule has 7 heteroatoms. The zero-order valence-corrected chi connectivity index (χ0v) is 14.3. The van der Waals surface area contributed by atoms with Gasteiger partial charge in [-0.05, 0) is 43.5 Å². The second-order valence-electron chi connectivity index (χ2n) is 6.36. The van der Waals surface area contributed by atoms with Crippen molar-refractivity contribution in [2.45, 2.75) is 38.6 Å². The molecule has 1 amide bonds. The van der Waals surface area contributed by atoms with Gasteiger partial charge in [-0.2, -0.15) is 0 Å². The van der Waals surface area contributed by atoms with Crippen molar-refractivity contribution < 1.29 is 9.72 Å². The molecule has 0 aliphatic carbocycles. The van der Waals surface area contributed by atoms with E-state index in [1.54, 1.807) is 24.4 Å². The fourth-order valence-corrected chi connectivity index (χ4v) is 3.41. The number of fused-ring (bicyclic) bond motifs is 1. The Labute approximate surface area is 146 Å². The molecule has 2 heterocycles. The third kappa shape index (κ3) is 3.70. The highest BCUT2D eigenvalue weighted by Gasteiger charge is 2.28. The first kappa shape index (κ1) is 17.1. The SMILES string of the molecule is CCCC(=O)NC1CCCN(c2ccc3ncccc3c2[N+](=O)[O-])C1. The number of nitrogens with one attached hydrogen (secondary N) is 1. The lowest BCUT2D eigenvalue weighted by Crippen LogP contribution is -2.47. The van der Waals surface area contributed by atoms with E-state index in [1.165, 1.54) is 0 Å². The number of hydrogen-bond donors (Lipinski definition) is 1. The van der Waals surface area contributed by atoms with Crippen LogP contribution in [0.1, 0.15) is 32.6 Å². The Morgan fingerprint density at radius 2 is 2.28 bits per heavy atom. The largest absolute Gasteiger partial charge is 0.364 e. The molecule has 3 rings (SSSR count). The van der Waals surface area contributed by atoms with E-state index in [1.807, 2.05) is 17.9 Å². The van der Waals surface area contributed by atoms with Crippen LogP contribution >= 0.6 is 0 Å². The summed E-state index contributed by atoms with van der Waals surface area (Å²) in [5, 5.41) is 15.3. The number of anilines is 1. The summed E-state index contributed by atoms with van der Waals surface area (Å²) in [6, 6.07) is 7.05. The lowest BCUT2D eigenvalue weighted by molar-refractivity contribution is -0.382. The van der Waals surface area contributed by atoms with Gasteiger partial charge in [0.2, 0.25) is 5.91 Å². The predicted octanol–water partition coefficient (Wildman–Crippen LogP) is 3.03. The molecule has 1 unspecified atom stereocenters. The maximum Gasteiger partial charge on any atom is 0.301 e. The smallest absolute Gasteiger partial charge is 0.301 e. The maximum absolute atomic E-state index is 11.9. The molecule has 1 aromatic heterocycles. The zero-order chi connectivity index (χ0) is 17.8. The molecule has 1 aliphatic rings. The molecule has 132 valence electrons. The molecule has 1 fully saturated rings. The summed E-state index contributed by atoms with van der Waals surface area (Å²) >= 11 is 0. The van der Waals surface area contributed by atoms with Crippen molar-refractivity contribution in [1.29, 1.82) is 0 Å². The molecular formula is C18H22N4O3. The van der Waals surface area contributed by atoms with Crippen LogP contribution in [0, 0.1) is 10.1 Å². The number of carbonyl (C=O) groups excluding carboxylic acids is 1. The highest BCUT2D eigenvalue weighted by Crippen LogP contribution is 2.36. The summed E-state index contributed by atoms with van der Waals surface area (Å²) in [6.45, 7) is 3.30. The molecule has 2 aromatic rings. The van der Waals surface area contributed by atoms with Gasteiger partial charge in [0.15, 0.2) is 0 Å². The Kier molecular flexibility index (Phi) is 5.11. The van der Waals surface area contributed by atoms with E-state index in [0.29, 0.717) is 29.6 Å². The van der Waals surface area contributed by atoms with E-state index in [0.717, 1.165) is 25.8 Å². The summed E-state index contributed by atoms with van der Waals surface area (Å²) in [5.41, 5.74) is 1.30. The van der Waals surface area contributed by atoms with Crippen LogP contribution in [0.25, 0.3) is 10.9 Å². The molecule has 1 aliphatic heterocycles. The Bertz CT molecular complexity index is 793. The number of amides is 1. The number of aromatic nitrogens is 1. The molecule has 1 atom stereocenters. The van der Waals surface area contributed by atoms with Gasteiger partial charge in [-0.1, -0.05) is 6.92 Å². The van der Waals surface area contributed by atoms with Gasteiger partial charge in [-0.3, -0.25) is 19.9 Å². The van der Waals surface area contributed by atoms with Gasteiger partial charge >= 0.3 is 5.69 Å². The van der Waals surface area contributed by atoms with Crippen molar-refractivity contribution in [2.24, 2.45) is 0 Å². The summed E-state index contributed by atoms with van der Waals surface area (Å²) in [7, 11) is 0. The van der Waals surface area contributed by atoms with Crippen LogP contribution in [0.4, 0.5) is 11.4 Å². The van der Waals surface area contributed by atoms with Gasteiger partial charge in [-0.15, -0.1) is 0 Å². The van der Waals surface area contributed by atoms with Crippen LogP contribution in [-0.4, -0.2) is 34.9 Å². The lowest BCUT2D eigenvalue weighted by atomic mass is 10.0. The van der Waals surface area contributed by atoms with Crippen molar-refractivity contribution in [3.63, 3.8) is 0 Å². The normalized spacial score (nSPS) is 17.5. The fraction of sp³-hybridized carbons (Fsp3) is 0.444. The number of nitrogens with zero attached hydrogens (tertiary/aromatic N) is 3. The average molecular weight is 342 g/mol. The van der Waals surface area contributed by atoms with E-state index in [-0.39, 0.29) is 22.6 Å². The van der Waals surface area contributed by atoms with Gasteiger partial charge in [0.05, 0.1) is 15.8 Å². The van der Waals surface area contributed by atoms with E-state index < -0.39 is 0 Å². The Hall–Kier alpha value is -2.70. The van der Waals surface area contributed by atoms with E-state index in [2.05, 4.69) is 10.3 Å². The molecule has 1 aromatic carbocycles. The summed E-state index contributed by atoms with van der Waals surface area (Å²) in [5.74, 6) is 0.0477. The van der Waals surface area contributed by atoms with Crippen molar-refractivity contribution in [3.05, 3.63) is 40.6 Å². The number of rotatable bonds is 5. The van der Waals surface area contributed by atoms with E-state index in [9.17, 15) is 14.9 Å². The molecule has 0 radical (unpaired) electrons. The van der Waals surface area contributed by atoms with Crippen molar-refractivity contribution in [2.75, 3.05) is 18.0 Å². The highest BCUT2D eigenvalue weighted by molar-refractivity contribution is 5.94. The number of hydrogen-bond acceptors (Lipinski definition) is 5. The van der Waals surface area contributed by atoms with Crippen LogP contribution in [0.3, 0.4) is 0 Å². The second-order valence-corrected chi connectivity index (χ2v) is 6.36. The summed E-state index contributed by atoms with van der Waals surface area (Å²) < 4.78 is 0. The van der Waals surface area contributed by atoms with Crippen LogP contribution in [0.15, 0.2) is 30.5 Å². The van der Waals surface area contributed by atoms with Crippen LogP contribution in [-0.2, 0) is 4.79 Å². The highest BCUT2D eigenvalue weighted by atomic mass is 16.6. The molecule has 1 N–H and O–H groups in total. The first-order chi connectivity index (χ1) is 12.1. The zero-order valence-electron chi connectivity index (χ0n) is 14.3. The minimum absolute atomic E-state index is 0.0250. The van der Waals surface area contributed by atoms with Crippen LogP contribution in [0.5, 0.6) is 0 Å². The topological polar surface area (TPSA) is 88.4 Å². The van der Waals surface area contributed by atoms with Gasteiger partial charge in [0.25, 0.3) is 0 Å². The predicted molar refractivity (Wildman–Crippen MR) is 96.7 cm³/mol. The number of nitro groups is 1. The lowest BCUT2D eigenvalue weighted by Gasteiger charge is -2.34. The third-order valence-corrected chi connectivity index (χ3v) is 4.52. The molecule has 0 bridgehead atoms. The Balaban J connectivity index is 1.89. The molecule has 0 saturated carbocycles. The number of benzene rings is 1. The number of pyridine rings is 1. The Morgan fingerprint density at radius 1 is 1.44 bits per heavy atom. The second kappa shape index (κ2) is 7.46. The van der Waals surface area contributed by atoms with Gasteiger partial charge in [0.1, 0.15) is 5.69 Å². The average Bonchev–Trinajstić information content (AvgIpc) is 2.61. The first-order valence-corrected chi connectivity index (χ1v) is 8.66. The summed E-state index contributed by atoms with van der Waals surface area (Å²) in [6.07, 6.45) is 4.74. The van der Waals surface area contributed by atoms with Crippen molar-refractivity contribution in [3.8, 4) is 0 Å². The van der Waals surface area contributed by atoms with Crippen molar-refractivity contribution in [1.82, 2.24) is 10.3 Å². The van der Waals surface area contributed by atoms with Gasteiger partial charge < -0.3 is 10.2 Å². The fourth-order valence-electron chi connectivity index (χ4n) is 3.41. The molecule has 1 saturated heterocycles. The molecular weight excluding hydrogens is 320 g/mol. The maximum atomic E-state index is 11.9. The quantitative estimate of drug-likeness (QED) is 0.666. The van der Waals surface area contributed by atoms with Crippen molar-refractivity contribution >= 4 is 28.2 Å². The Morgan fingerprint density at radius 3 is 3.04 bits per heavy atom. The molecule has 25 heavy (non-hydrogen) atoms. The minimum atomic E-state index is -0.335. The number of nitro benzene ring substituents is 1. The van der Waals surface area contributed by atoms with Gasteiger partial charge in [-0.25, -0.2) is 0 Å². The monoisotopic (exact) mass is 342 g/mol. The van der Waals surface area contributed by atoms with Crippen LogP contribution in [0.2, 0.25) is 0 Å². The minimum Gasteiger partial charge on any atom is -0.364 e. The third-order valence-electron chi connectivity index (χ3n) is 4.52. The summed E-state index contributed by atoms with van der Waals surface area (Å²) in [4.78, 5) is 29.4. The number of piperidine rings is 1. The van der Waals surface area contributed by atoms with E-state index >= 15 is 0 Å². The van der Waals surface area contributed by atoms with E-state index in [4.69, 9.17) is 0 Å².